The van der Waals surface area contributed by atoms with Gasteiger partial charge >= 0.3 is 0 Å². The lowest BCUT2D eigenvalue weighted by Gasteiger charge is -2.26. The molecule has 0 radical (unpaired) electrons. The lowest BCUT2D eigenvalue weighted by atomic mass is 9.98. The minimum Gasteiger partial charge on any atom is -0.494 e. The van der Waals surface area contributed by atoms with E-state index in [2.05, 4.69) is 15.9 Å². The number of hydrogen-bond acceptors (Lipinski definition) is 4. The molecular formula is C26H19BrClNO4. The zero-order valence-corrected chi connectivity index (χ0v) is 20.0. The van der Waals surface area contributed by atoms with Crippen LogP contribution in [0.25, 0.3) is 11.0 Å². The summed E-state index contributed by atoms with van der Waals surface area (Å²) in [4.78, 5) is 28.9. The standard InChI is InChI=1S/C26H19BrClNO4/c1-2-32-18-8-5-7-15(12-18)23-22-24(30)19-13-17(27)10-11-21(19)33-25(22)26(31)29(23)14-16-6-3-4-9-20(16)28/h3-13,23H,2,14H2,1H3. The largest absolute Gasteiger partial charge is 0.494 e. The maximum absolute atomic E-state index is 13.7. The number of amides is 1. The van der Waals surface area contributed by atoms with E-state index in [-0.39, 0.29) is 23.6 Å². The van der Waals surface area contributed by atoms with Gasteiger partial charge in [0.05, 0.1) is 23.6 Å². The Morgan fingerprint density at radius 1 is 1.06 bits per heavy atom. The first-order valence-electron chi connectivity index (χ1n) is 10.5. The van der Waals surface area contributed by atoms with Crippen LogP contribution in [0.2, 0.25) is 5.02 Å². The fourth-order valence-electron chi connectivity index (χ4n) is 4.25. The van der Waals surface area contributed by atoms with Gasteiger partial charge in [-0.05, 0) is 54.4 Å². The molecule has 4 aromatic rings. The second-order valence-electron chi connectivity index (χ2n) is 7.75. The van der Waals surface area contributed by atoms with Gasteiger partial charge in [-0.15, -0.1) is 0 Å². The molecule has 5 rings (SSSR count). The first-order chi connectivity index (χ1) is 16.0. The Morgan fingerprint density at radius 3 is 2.67 bits per heavy atom. The summed E-state index contributed by atoms with van der Waals surface area (Å²) >= 11 is 9.83. The van der Waals surface area contributed by atoms with Crippen LogP contribution < -0.4 is 10.2 Å². The Balaban J connectivity index is 1.73. The molecule has 0 saturated heterocycles. The average molecular weight is 525 g/mol. The number of nitrogens with zero attached hydrogens (tertiary/aromatic N) is 1. The molecule has 1 amide bonds. The first-order valence-corrected chi connectivity index (χ1v) is 11.7. The van der Waals surface area contributed by atoms with Crippen molar-refractivity contribution in [3.05, 3.63) is 109 Å². The molecule has 0 saturated carbocycles. The van der Waals surface area contributed by atoms with Crippen LogP contribution in [-0.2, 0) is 6.54 Å². The fraction of sp³-hybridized carbons (Fsp3) is 0.154. The van der Waals surface area contributed by atoms with E-state index in [1.807, 2.05) is 49.4 Å². The highest BCUT2D eigenvalue weighted by Crippen LogP contribution is 2.40. The number of fused-ring (bicyclic) bond motifs is 2. The van der Waals surface area contributed by atoms with E-state index in [1.165, 1.54) is 0 Å². The SMILES string of the molecule is CCOc1cccc(C2c3c(oc4ccc(Br)cc4c3=O)C(=O)N2Cc2ccccc2Cl)c1. The quantitative estimate of drug-likeness (QED) is 0.305. The molecule has 0 bridgehead atoms. The first kappa shape index (κ1) is 21.7. The molecule has 166 valence electrons. The van der Waals surface area contributed by atoms with Gasteiger partial charge in [0.15, 0.2) is 5.43 Å². The van der Waals surface area contributed by atoms with Gasteiger partial charge in [0.1, 0.15) is 11.3 Å². The minimum atomic E-state index is -0.635. The summed E-state index contributed by atoms with van der Waals surface area (Å²) in [6.07, 6.45) is 0. The maximum Gasteiger partial charge on any atom is 0.291 e. The van der Waals surface area contributed by atoms with E-state index in [1.54, 1.807) is 29.2 Å². The number of hydrogen-bond donors (Lipinski definition) is 0. The molecule has 5 nitrogen and oxygen atoms in total. The van der Waals surface area contributed by atoms with Crippen molar-refractivity contribution in [2.75, 3.05) is 6.61 Å². The summed E-state index contributed by atoms with van der Waals surface area (Å²) in [5.74, 6) is 0.383. The van der Waals surface area contributed by atoms with E-state index < -0.39 is 6.04 Å². The zero-order chi connectivity index (χ0) is 23.1. The van der Waals surface area contributed by atoms with Crippen molar-refractivity contribution >= 4 is 44.4 Å². The molecular weight excluding hydrogens is 506 g/mol. The summed E-state index contributed by atoms with van der Waals surface area (Å²) in [6.45, 7) is 2.64. The number of carbonyl (C=O) groups excluding carboxylic acids is 1. The summed E-state index contributed by atoms with van der Waals surface area (Å²) in [5.41, 5.74) is 2.02. The Labute approximate surface area is 203 Å². The summed E-state index contributed by atoms with van der Waals surface area (Å²) in [7, 11) is 0. The molecule has 1 aromatic heterocycles. The number of carbonyl (C=O) groups is 1. The van der Waals surface area contributed by atoms with Crippen LogP contribution in [0.4, 0.5) is 0 Å². The molecule has 0 fully saturated rings. The van der Waals surface area contributed by atoms with Crippen LogP contribution in [0.15, 0.2) is 80.4 Å². The van der Waals surface area contributed by atoms with Crippen molar-refractivity contribution in [3.8, 4) is 5.75 Å². The van der Waals surface area contributed by atoms with E-state index in [0.29, 0.717) is 33.9 Å². The molecule has 7 heteroatoms. The van der Waals surface area contributed by atoms with Crippen molar-refractivity contribution in [1.29, 1.82) is 0 Å². The van der Waals surface area contributed by atoms with Gasteiger partial charge in [-0.25, -0.2) is 0 Å². The Bertz CT molecular complexity index is 1450. The van der Waals surface area contributed by atoms with Gasteiger partial charge in [0.25, 0.3) is 5.91 Å². The molecule has 1 aliphatic heterocycles. The molecule has 3 aromatic carbocycles. The summed E-state index contributed by atoms with van der Waals surface area (Å²) < 4.78 is 12.4. The minimum absolute atomic E-state index is 0.0636. The van der Waals surface area contributed by atoms with E-state index in [4.69, 9.17) is 20.8 Å². The third-order valence-electron chi connectivity index (χ3n) is 5.71. The molecule has 1 unspecified atom stereocenters. The Morgan fingerprint density at radius 2 is 1.88 bits per heavy atom. The molecule has 33 heavy (non-hydrogen) atoms. The number of rotatable bonds is 5. The molecule has 0 aliphatic carbocycles. The summed E-state index contributed by atoms with van der Waals surface area (Å²) in [5, 5.41) is 0.970. The predicted octanol–water partition coefficient (Wildman–Crippen LogP) is 6.35. The van der Waals surface area contributed by atoms with Crippen molar-refractivity contribution in [2.24, 2.45) is 0 Å². The monoisotopic (exact) mass is 523 g/mol. The third kappa shape index (κ3) is 3.83. The number of halogens is 2. The van der Waals surface area contributed by atoms with Gasteiger partial charge in [0.2, 0.25) is 5.76 Å². The van der Waals surface area contributed by atoms with Crippen LogP contribution in [0.5, 0.6) is 5.75 Å². The Kier molecular flexibility index (Phi) is 5.72. The summed E-state index contributed by atoms with van der Waals surface area (Å²) in [6, 6.07) is 19.4. The molecule has 1 aliphatic rings. The van der Waals surface area contributed by atoms with E-state index >= 15 is 0 Å². The van der Waals surface area contributed by atoms with Crippen molar-refractivity contribution in [3.63, 3.8) is 0 Å². The molecule has 2 heterocycles. The smallest absolute Gasteiger partial charge is 0.291 e. The van der Waals surface area contributed by atoms with Gasteiger partial charge in [0, 0.05) is 16.0 Å². The second kappa shape index (κ2) is 8.69. The fourth-order valence-corrected chi connectivity index (χ4v) is 4.81. The van der Waals surface area contributed by atoms with Crippen LogP contribution in [-0.4, -0.2) is 17.4 Å². The predicted molar refractivity (Wildman–Crippen MR) is 131 cm³/mol. The highest BCUT2D eigenvalue weighted by atomic mass is 79.9. The molecule has 0 spiro atoms. The average Bonchev–Trinajstić information content (AvgIpc) is 3.08. The van der Waals surface area contributed by atoms with Crippen LogP contribution >= 0.6 is 27.5 Å². The maximum atomic E-state index is 13.7. The van der Waals surface area contributed by atoms with Crippen molar-refractivity contribution in [2.45, 2.75) is 19.5 Å². The van der Waals surface area contributed by atoms with Crippen LogP contribution in [0, 0.1) is 0 Å². The topological polar surface area (TPSA) is 59.8 Å². The number of benzene rings is 3. The third-order valence-corrected chi connectivity index (χ3v) is 6.57. The van der Waals surface area contributed by atoms with Crippen molar-refractivity contribution in [1.82, 2.24) is 4.90 Å². The van der Waals surface area contributed by atoms with Crippen LogP contribution in [0.3, 0.4) is 0 Å². The van der Waals surface area contributed by atoms with Gasteiger partial charge < -0.3 is 14.1 Å². The van der Waals surface area contributed by atoms with E-state index in [9.17, 15) is 9.59 Å². The highest BCUT2D eigenvalue weighted by molar-refractivity contribution is 9.10. The van der Waals surface area contributed by atoms with Gasteiger partial charge in [-0.3, -0.25) is 9.59 Å². The van der Waals surface area contributed by atoms with Gasteiger partial charge in [-0.1, -0.05) is 57.9 Å². The van der Waals surface area contributed by atoms with Crippen molar-refractivity contribution < 1.29 is 13.9 Å². The second-order valence-corrected chi connectivity index (χ2v) is 9.07. The van der Waals surface area contributed by atoms with E-state index in [0.717, 1.165) is 15.6 Å². The van der Waals surface area contributed by atoms with Gasteiger partial charge in [-0.2, -0.15) is 0 Å². The lowest BCUT2D eigenvalue weighted by molar-refractivity contribution is 0.0714. The normalized spacial score (nSPS) is 15.2. The lowest BCUT2D eigenvalue weighted by Crippen LogP contribution is -2.29. The highest BCUT2D eigenvalue weighted by Gasteiger charge is 2.43. The number of ether oxygens (including phenoxy) is 1. The van der Waals surface area contributed by atoms with Crippen LogP contribution in [0.1, 0.15) is 40.2 Å². The molecule has 1 atom stereocenters. The molecule has 0 N–H and O–H groups in total. The Hall–Kier alpha value is -3.09. The zero-order valence-electron chi connectivity index (χ0n) is 17.7.